The first-order chi connectivity index (χ1) is 30.5. The van der Waals surface area contributed by atoms with E-state index < -0.39 is 33.0 Å². The largest absolute Gasteiger partial charge is 0.508 e. The van der Waals surface area contributed by atoms with Gasteiger partial charge in [-0.05, 0) is 164 Å². The van der Waals surface area contributed by atoms with Gasteiger partial charge in [0.2, 0.25) is 0 Å². The van der Waals surface area contributed by atoms with Crippen LogP contribution in [0, 0.1) is 20.8 Å². The summed E-state index contributed by atoms with van der Waals surface area (Å²) in [5.74, 6) is 0.241. The lowest BCUT2D eigenvalue weighted by atomic mass is 9.56. The van der Waals surface area contributed by atoms with Gasteiger partial charge in [0.15, 0.2) is 0 Å². The molecule has 0 aromatic heterocycles. The van der Waals surface area contributed by atoms with E-state index in [9.17, 15) is 25.5 Å². The molecule has 0 heterocycles. The SMILES string of the molecule is CCc1cc(C(CC(c2cc(C(C)(C)C)c(O)cc2C)(c2cc(C(C)(C)C)c(O)cc2C)C(C)c2cc(C(C)(C)C)c(O)cc2C)c2cc(CC)cc(C(C)(C)C)c2O)c(O)c(C(C)(C)C)c1. The lowest BCUT2D eigenvalue weighted by molar-refractivity contribution is 0.357. The van der Waals surface area contributed by atoms with Crippen LogP contribution in [0.25, 0.3) is 0 Å². The summed E-state index contributed by atoms with van der Waals surface area (Å²) >= 11 is 0. The van der Waals surface area contributed by atoms with Crippen molar-refractivity contribution in [3.63, 3.8) is 0 Å². The third kappa shape index (κ3) is 10.3. The summed E-state index contributed by atoms with van der Waals surface area (Å²) in [4.78, 5) is 0. The van der Waals surface area contributed by atoms with E-state index in [0.717, 1.165) is 96.3 Å². The maximum atomic E-state index is 13.0. The van der Waals surface area contributed by atoms with Gasteiger partial charge in [0.05, 0.1) is 0 Å². The van der Waals surface area contributed by atoms with Crippen molar-refractivity contribution >= 4 is 0 Å². The third-order valence-corrected chi connectivity index (χ3v) is 14.8. The smallest absolute Gasteiger partial charge is 0.123 e. The zero-order valence-electron chi connectivity index (χ0n) is 45.3. The zero-order valence-corrected chi connectivity index (χ0v) is 45.3. The van der Waals surface area contributed by atoms with Gasteiger partial charge in [-0.1, -0.05) is 167 Å². The summed E-state index contributed by atoms with van der Waals surface area (Å²) in [6, 6.07) is 21.0. The van der Waals surface area contributed by atoms with Crippen LogP contribution in [-0.4, -0.2) is 25.5 Å². The van der Waals surface area contributed by atoms with Crippen molar-refractivity contribution in [2.45, 2.75) is 209 Å². The van der Waals surface area contributed by atoms with Crippen LogP contribution in [0.4, 0.5) is 0 Å². The van der Waals surface area contributed by atoms with Gasteiger partial charge in [-0.25, -0.2) is 0 Å². The Morgan fingerprint density at radius 3 is 1.00 bits per heavy atom. The van der Waals surface area contributed by atoms with Gasteiger partial charge < -0.3 is 25.5 Å². The number of aryl methyl sites for hydroxylation is 5. The first-order valence-electron chi connectivity index (χ1n) is 24.8. The van der Waals surface area contributed by atoms with E-state index in [1.165, 1.54) is 0 Å². The molecule has 0 saturated heterocycles. The summed E-state index contributed by atoms with van der Waals surface area (Å²) in [5.41, 5.74) is 10.6. The molecule has 5 nitrogen and oxygen atoms in total. The average molecular weight is 911 g/mol. The number of hydrogen-bond acceptors (Lipinski definition) is 5. The third-order valence-electron chi connectivity index (χ3n) is 14.8. The zero-order chi connectivity index (χ0) is 50.9. The normalized spacial score (nSPS) is 13.7. The highest BCUT2D eigenvalue weighted by atomic mass is 16.3. The van der Waals surface area contributed by atoms with Crippen LogP contribution in [0.15, 0.2) is 60.7 Å². The second-order valence-electron chi connectivity index (χ2n) is 25.2. The number of phenolic OH excluding ortho intramolecular Hbond substituents is 5. The van der Waals surface area contributed by atoms with E-state index in [4.69, 9.17) is 0 Å². The molecule has 0 saturated carbocycles. The Hall–Kier alpha value is -4.90. The van der Waals surface area contributed by atoms with Crippen molar-refractivity contribution < 1.29 is 25.5 Å². The number of phenols is 5. The van der Waals surface area contributed by atoms with E-state index in [-0.39, 0.29) is 40.1 Å². The minimum Gasteiger partial charge on any atom is -0.508 e. The summed E-state index contributed by atoms with van der Waals surface area (Å²) in [7, 11) is 0. The molecule has 0 radical (unpaired) electrons. The van der Waals surface area contributed by atoms with Crippen molar-refractivity contribution in [1.82, 2.24) is 0 Å². The molecular formula is C62H86O5. The molecule has 0 amide bonds. The lowest BCUT2D eigenvalue weighted by Crippen LogP contribution is -2.39. The number of benzene rings is 5. The molecule has 1 unspecified atom stereocenters. The fourth-order valence-corrected chi connectivity index (χ4v) is 10.8. The molecule has 67 heavy (non-hydrogen) atoms. The molecule has 0 spiro atoms. The maximum Gasteiger partial charge on any atom is 0.123 e. The van der Waals surface area contributed by atoms with Gasteiger partial charge in [0, 0.05) is 22.5 Å². The Kier molecular flexibility index (Phi) is 14.4. The minimum absolute atomic E-state index is 0.223. The molecule has 0 fully saturated rings. The van der Waals surface area contributed by atoms with E-state index in [2.05, 4.69) is 188 Å². The Bertz CT molecular complexity index is 2500. The van der Waals surface area contributed by atoms with Crippen LogP contribution in [-0.2, 0) is 45.3 Å². The van der Waals surface area contributed by atoms with Crippen LogP contribution in [0.1, 0.15) is 226 Å². The second kappa shape index (κ2) is 18.2. The number of hydrogen-bond donors (Lipinski definition) is 5. The summed E-state index contributed by atoms with van der Waals surface area (Å²) in [6.07, 6.45) is 1.87. The fraction of sp³-hybridized carbons (Fsp3) is 0.516. The van der Waals surface area contributed by atoms with Crippen LogP contribution in [0.3, 0.4) is 0 Å². The fourth-order valence-electron chi connectivity index (χ4n) is 10.8. The molecule has 5 N–H and O–H groups in total. The molecule has 5 rings (SSSR count). The lowest BCUT2D eigenvalue weighted by Gasteiger charge is -2.47. The second-order valence-corrected chi connectivity index (χ2v) is 25.2. The minimum atomic E-state index is -0.996. The Morgan fingerprint density at radius 2 is 0.687 bits per heavy atom. The molecule has 0 bridgehead atoms. The average Bonchev–Trinajstić information content (AvgIpc) is 3.17. The Morgan fingerprint density at radius 1 is 0.373 bits per heavy atom. The molecule has 364 valence electrons. The predicted molar refractivity (Wildman–Crippen MR) is 283 cm³/mol. The topological polar surface area (TPSA) is 101 Å². The monoisotopic (exact) mass is 911 g/mol. The summed E-state index contributed by atoms with van der Waals surface area (Å²) < 4.78 is 0. The van der Waals surface area contributed by atoms with Crippen molar-refractivity contribution in [3.05, 3.63) is 144 Å². The number of rotatable bonds is 10. The summed E-state index contributed by atoms with van der Waals surface area (Å²) in [6.45, 7) is 44.8. The van der Waals surface area contributed by atoms with Gasteiger partial charge in [0.25, 0.3) is 0 Å². The molecular weight excluding hydrogens is 825 g/mol. The van der Waals surface area contributed by atoms with E-state index in [1.807, 2.05) is 18.2 Å². The van der Waals surface area contributed by atoms with Crippen molar-refractivity contribution in [2.75, 3.05) is 0 Å². The molecule has 0 aliphatic heterocycles. The maximum absolute atomic E-state index is 13.0. The number of aromatic hydroxyl groups is 5. The summed E-state index contributed by atoms with van der Waals surface area (Å²) in [5, 5.41) is 61.5. The van der Waals surface area contributed by atoms with Gasteiger partial charge in [-0.15, -0.1) is 0 Å². The molecule has 5 heteroatoms. The van der Waals surface area contributed by atoms with Crippen molar-refractivity contribution in [3.8, 4) is 28.7 Å². The van der Waals surface area contributed by atoms with Crippen molar-refractivity contribution in [2.24, 2.45) is 0 Å². The molecule has 0 aliphatic carbocycles. The van der Waals surface area contributed by atoms with Crippen LogP contribution >= 0.6 is 0 Å². The van der Waals surface area contributed by atoms with Crippen LogP contribution in [0.5, 0.6) is 28.7 Å². The van der Waals surface area contributed by atoms with E-state index >= 15 is 0 Å². The van der Waals surface area contributed by atoms with Gasteiger partial charge >= 0.3 is 0 Å². The molecule has 1 atom stereocenters. The Labute approximate surface area is 405 Å². The van der Waals surface area contributed by atoms with E-state index in [0.29, 0.717) is 6.42 Å². The highest BCUT2D eigenvalue weighted by molar-refractivity contribution is 5.63. The van der Waals surface area contributed by atoms with Gasteiger partial charge in [-0.2, -0.15) is 0 Å². The predicted octanol–water partition coefficient (Wildman–Crippen LogP) is 16.1. The van der Waals surface area contributed by atoms with Crippen LogP contribution in [0.2, 0.25) is 0 Å². The Balaban J connectivity index is 2.22. The van der Waals surface area contributed by atoms with Crippen LogP contribution < -0.4 is 0 Å². The van der Waals surface area contributed by atoms with Crippen molar-refractivity contribution in [1.29, 1.82) is 0 Å². The standard InChI is InChI=1S/C62H86O5/c1-22-39-27-42(55(66)50(29-39)60(16,17)18)44(43-28-40(23-2)30-51(56(43)67)61(19,20)21)34-62(45-32-48(58(10,11)12)53(64)25-36(45)4,46-33-49(59(13,14)15)54(65)26-37(46)5)38(6)41-31-47(57(7,8)9)52(63)24-35(41)3/h24-33,38,44,63-67H,22-23,34H2,1-21H3. The van der Waals surface area contributed by atoms with Gasteiger partial charge in [0.1, 0.15) is 28.7 Å². The first kappa shape index (κ1) is 53.1. The quantitative estimate of drug-likeness (QED) is 0.0961. The molecule has 5 aromatic rings. The first-order valence-corrected chi connectivity index (χ1v) is 24.8. The molecule has 0 aliphatic rings. The highest BCUT2D eigenvalue weighted by Crippen LogP contribution is 2.59. The molecule has 5 aromatic carbocycles. The highest BCUT2D eigenvalue weighted by Gasteiger charge is 2.48. The van der Waals surface area contributed by atoms with Gasteiger partial charge in [-0.3, -0.25) is 0 Å². The van der Waals surface area contributed by atoms with E-state index in [1.54, 1.807) is 0 Å².